The van der Waals surface area contributed by atoms with Crippen molar-refractivity contribution in [2.45, 2.75) is 96.8 Å². The van der Waals surface area contributed by atoms with Gasteiger partial charge in [0.2, 0.25) is 0 Å². The molecule has 0 amide bonds. The molecule has 0 aliphatic heterocycles. The molecule has 4 rings (SSSR count). The molecule has 4 fully saturated rings. The van der Waals surface area contributed by atoms with Crippen molar-refractivity contribution in [1.82, 2.24) is 0 Å². The molecule has 4 heteroatoms. The summed E-state index contributed by atoms with van der Waals surface area (Å²) in [5, 5.41) is 10.3. The number of carboxylic acids is 1. The van der Waals surface area contributed by atoms with Crippen molar-refractivity contribution in [1.29, 1.82) is 0 Å². The van der Waals surface area contributed by atoms with Crippen LogP contribution in [0.15, 0.2) is 0 Å². The summed E-state index contributed by atoms with van der Waals surface area (Å²) in [7, 11) is 0. The second-order valence-electron chi connectivity index (χ2n) is 11.1. The van der Waals surface area contributed by atoms with Gasteiger partial charge in [0.15, 0.2) is 0 Å². The zero-order chi connectivity index (χ0) is 19.4. The van der Waals surface area contributed by atoms with Gasteiger partial charge in [0, 0.05) is 0 Å². The van der Waals surface area contributed by atoms with Crippen LogP contribution in [0.5, 0.6) is 0 Å². The van der Waals surface area contributed by atoms with Crippen LogP contribution in [0.1, 0.15) is 91.4 Å². The van der Waals surface area contributed by atoms with Crippen LogP contribution >= 0.6 is 11.6 Å². The van der Waals surface area contributed by atoms with Gasteiger partial charge in [0.05, 0.1) is 11.3 Å². The van der Waals surface area contributed by atoms with E-state index in [0.717, 1.165) is 23.7 Å². The first-order valence-electron chi connectivity index (χ1n) is 11.6. The largest absolute Gasteiger partial charge is 1.00 e. The van der Waals surface area contributed by atoms with Crippen molar-refractivity contribution in [3.63, 3.8) is 0 Å². The topological polar surface area (TPSA) is 40.1 Å². The van der Waals surface area contributed by atoms with Gasteiger partial charge in [-0.2, -0.15) is 0 Å². The smallest absolute Gasteiger partial charge is 0.549 e. The van der Waals surface area contributed by atoms with Crippen LogP contribution in [-0.2, 0) is 4.79 Å². The molecule has 0 aromatic heterocycles. The molecule has 4 aliphatic carbocycles. The van der Waals surface area contributed by atoms with Crippen molar-refractivity contribution in [2.75, 3.05) is 0 Å². The monoisotopic (exact) mass is 416 g/mol. The van der Waals surface area contributed by atoms with E-state index in [1.54, 1.807) is 0 Å². The third-order valence-electron chi connectivity index (χ3n) is 10.2. The number of carbonyl (C=O) groups is 1. The molecular formula is C24H38ClNaO2. The van der Waals surface area contributed by atoms with E-state index >= 15 is 0 Å². The first-order valence-corrected chi connectivity index (χ1v) is 12.1. The molecule has 4 saturated carbocycles. The van der Waals surface area contributed by atoms with Gasteiger partial charge in [-0.05, 0) is 104 Å². The van der Waals surface area contributed by atoms with Crippen molar-refractivity contribution < 1.29 is 39.5 Å². The number of halogens is 1. The Labute approximate surface area is 199 Å². The number of carbonyl (C=O) groups excluding carboxylic acids is 1. The van der Waals surface area contributed by atoms with Crippen LogP contribution in [0.4, 0.5) is 0 Å². The maximum absolute atomic E-state index is 11.1. The molecule has 154 valence electrons. The SMILES string of the molecule is C[C@H](CC(Cl)C(=O)[O-])[C@H]1CC[C@H]2[C@@H]3CCC4CCCC[C@]4(C)[C@H]3CC[C@]12C.[Na+]. The Morgan fingerprint density at radius 2 is 1.71 bits per heavy atom. The minimum Gasteiger partial charge on any atom is -0.549 e. The van der Waals surface area contributed by atoms with E-state index in [1.165, 1.54) is 64.2 Å². The van der Waals surface area contributed by atoms with Gasteiger partial charge >= 0.3 is 29.6 Å². The second kappa shape index (κ2) is 8.71. The quantitative estimate of drug-likeness (QED) is 0.521. The number of hydrogen-bond acceptors (Lipinski definition) is 2. The maximum atomic E-state index is 11.1. The molecule has 0 bridgehead atoms. The Bertz CT molecular complexity index is 583. The third-order valence-corrected chi connectivity index (χ3v) is 10.5. The van der Waals surface area contributed by atoms with E-state index in [2.05, 4.69) is 20.8 Å². The van der Waals surface area contributed by atoms with Crippen molar-refractivity contribution in [3.8, 4) is 0 Å². The summed E-state index contributed by atoms with van der Waals surface area (Å²) in [5.41, 5.74) is 0.989. The summed E-state index contributed by atoms with van der Waals surface area (Å²) < 4.78 is 0. The Kier molecular flexibility index (Phi) is 7.29. The fourth-order valence-corrected chi connectivity index (χ4v) is 9.14. The Balaban J connectivity index is 0.00000225. The number of carboxylic acid groups (broad SMARTS) is 1. The normalized spacial score (nSPS) is 47.1. The van der Waals surface area contributed by atoms with Gasteiger partial charge < -0.3 is 9.90 Å². The predicted octanol–water partition coefficient (Wildman–Crippen LogP) is 2.42. The number of rotatable bonds is 4. The minimum atomic E-state index is -1.10. The molecule has 0 aromatic carbocycles. The Morgan fingerprint density at radius 1 is 1.00 bits per heavy atom. The Morgan fingerprint density at radius 3 is 2.43 bits per heavy atom. The predicted molar refractivity (Wildman–Crippen MR) is 108 cm³/mol. The summed E-state index contributed by atoms with van der Waals surface area (Å²) in [6.45, 7) is 7.42. The van der Waals surface area contributed by atoms with Crippen LogP contribution in [0.2, 0.25) is 0 Å². The van der Waals surface area contributed by atoms with E-state index in [-0.39, 0.29) is 29.6 Å². The van der Waals surface area contributed by atoms with Gasteiger partial charge in [-0.15, -0.1) is 11.6 Å². The second-order valence-corrected chi connectivity index (χ2v) is 11.7. The Hall–Kier alpha value is 0.760. The fraction of sp³-hybridized carbons (Fsp3) is 0.958. The molecule has 0 spiro atoms. The number of alkyl halides is 1. The van der Waals surface area contributed by atoms with Crippen LogP contribution < -0.4 is 34.7 Å². The van der Waals surface area contributed by atoms with Crippen LogP contribution in [0.3, 0.4) is 0 Å². The van der Waals surface area contributed by atoms with E-state index in [1.807, 2.05) is 0 Å². The molecule has 9 atom stereocenters. The van der Waals surface area contributed by atoms with Crippen LogP contribution in [0, 0.1) is 46.3 Å². The molecule has 2 unspecified atom stereocenters. The molecule has 0 radical (unpaired) electrons. The first-order chi connectivity index (χ1) is 12.8. The van der Waals surface area contributed by atoms with Crippen LogP contribution in [-0.4, -0.2) is 11.3 Å². The minimum absolute atomic E-state index is 0. The average Bonchev–Trinajstić information content (AvgIpc) is 2.98. The molecule has 0 saturated heterocycles. The van der Waals surface area contributed by atoms with E-state index < -0.39 is 11.3 Å². The van der Waals surface area contributed by atoms with Gasteiger partial charge in [-0.25, -0.2) is 0 Å². The van der Waals surface area contributed by atoms with E-state index in [9.17, 15) is 9.90 Å². The van der Waals surface area contributed by atoms with E-state index in [4.69, 9.17) is 11.6 Å². The molecule has 28 heavy (non-hydrogen) atoms. The summed E-state index contributed by atoms with van der Waals surface area (Å²) in [6.07, 6.45) is 14.7. The summed E-state index contributed by atoms with van der Waals surface area (Å²) in [5.74, 6) is 3.57. The van der Waals surface area contributed by atoms with Crippen molar-refractivity contribution >= 4 is 17.6 Å². The van der Waals surface area contributed by atoms with E-state index in [0.29, 0.717) is 29.1 Å². The third kappa shape index (κ3) is 3.76. The first kappa shape index (κ1) is 23.4. The maximum Gasteiger partial charge on any atom is 1.00 e. The van der Waals surface area contributed by atoms with Crippen molar-refractivity contribution in [2.24, 2.45) is 46.3 Å². The number of fused-ring (bicyclic) bond motifs is 5. The standard InChI is InChI=1S/C24H39ClO2.Na/c1-15(14-21(25)22(26)27)18-9-10-19-17-8-7-16-6-4-5-12-23(16,2)20(17)11-13-24(18,19)3;/h15-21H,4-14H2,1-3H3,(H,26,27);/q;+1/p-1/t15-,16?,17+,18-,19+,20+,21?,23+,24-;/m1./s1. The summed E-state index contributed by atoms with van der Waals surface area (Å²) in [4.78, 5) is 11.1. The van der Waals surface area contributed by atoms with Crippen molar-refractivity contribution in [3.05, 3.63) is 0 Å². The zero-order valence-corrected chi connectivity index (χ0v) is 21.3. The molecule has 4 aliphatic rings. The number of hydrogen-bond donors (Lipinski definition) is 0. The van der Waals surface area contributed by atoms with Gasteiger partial charge in [-0.3, -0.25) is 0 Å². The molecular weight excluding hydrogens is 379 g/mol. The zero-order valence-electron chi connectivity index (χ0n) is 18.5. The summed E-state index contributed by atoms with van der Waals surface area (Å²) >= 11 is 6.05. The van der Waals surface area contributed by atoms with Gasteiger partial charge in [0.1, 0.15) is 0 Å². The fourth-order valence-electron chi connectivity index (χ4n) is 8.86. The molecule has 0 heterocycles. The molecule has 0 N–H and O–H groups in total. The molecule has 2 nitrogen and oxygen atoms in total. The molecule has 0 aromatic rings. The van der Waals surface area contributed by atoms with Gasteiger partial charge in [0.25, 0.3) is 0 Å². The number of aliphatic carboxylic acids is 1. The van der Waals surface area contributed by atoms with Crippen LogP contribution in [0.25, 0.3) is 0 Å². The average molecular weight is 417 g/mol. The van der Waals surface area contributed by atoms with Gasteiger partial charge in [-0.1, -0.05) is 33.6 Å². The summed E-state index contributed by atoms with van der Waals surface area (Å²) in [6, 6.07) is 0.